The monoisotopic (exact) mass is 424 g/mol. The Kier molecular flexibility index (Phi) is 3.93. The molecule has 3 heterocycles. The first-order chi connectivity index (χ1) is 13.2. The molecule has 0 N–H and O–H groups in total. The molecule has 0 saturated carbocycles. The van der Waals surface area contributed by atoms with Gasteiger partial charge in [0.2, 0.25) is 6.23 Å². The zero-order chi connectivity index (χ0) is 18.4. The maximum absolute atomic E-state index is 6.38. The van der Waals surface area contributed by atoms with Crippen LogP contribution in [0, 0.1) is 0 Å². The van der Waals surface area contributed by atoms with Gasteiger partial charge in [0.1, 0.15) is 23.0 Å². The van der Waals surface area contributed by atoms with Crippen molar-refractivity contribution in [2.24, 2.45) is 5.10 Å². The molecule has 0 saturated heterocycles. The van der Waals surface area contributed by atoms with E-state index < -0.39 is 0 Å². The van der Waals surface area contributed by atoms with Gasteiger partial charge in [-0.3, -0.25) is 0 Å². The molecule has 3 aromatic rings. The summed E-state index contributed by atoms with van der Waals surface area (Å²) in [4.78, 5) is 0. The number of benzene rings is 2. The third-order valence-corrected chi connectivity index (χ3v) is 5.46. The topological polar surface area (TPSA) is 47.2 Å². The molecular weight excluding hydrogens is 408 g/mol. The number of hydrogen-bond donors (Lipinski definition) is 0. The summed E-state index contributed by atoms with van der Waals surface area (Å²) >= 11 is 3.57. The molecule has 136 valence electrons. The minimum absolute atomic E-state index is 0.0706. The number of para-hydroxylation sites is 1. The summed E-state index contributed by atoms with van der Waals surface area (Å²) in [5, 5.41) is 6.89. The Bertz CT molecular complexity index is 1020. The molecule has 0 radical (unpaired) electrons. The van der Waals surface area contributed by atoms with Crippen LogP contribution in [-0.2, 0) is 0 Å². The lowest BCUT2D eigenvalue weighted by Gasteiger charge is -2.38. The third-order valence-electron chi connectivity index (χ3n) is 4.96. The number of ether oxygens (including phenoxy) is 2. The van der Waals surface area contributed by atoms with Crippen LogP contribution >= 0.6 is 15.9 Å². The van der Waals surface area contributed by atoms with Crippen molar-refractivity contribution in [1.29, 1.82) is 0 Å². The van der Waals surface area contributed by atoms with Gasteiger partial charge in [0, 0.05) is 16.5 Å². The molecule has 6 heteroatoms. The second-order valence-electron chi connectivity index (χ2n) is 6.52. The van der Waals surface area contributed by atoms with E-state index in [9.17, 15) is 0 Å². The Labute approximate surface area is 165 Å². The number of furan rings is 1. The predicted molar refractivity (Wildman–Crippen MR) is 105 cm³/mol. The normalized spacial score (nSPS) is 20.5. The summed E-state index contributed by atoms with van der Waals surface area (Å²) < 4.78 is 18.6. The van der Waals surface area contributed by atoms with Crippen molar-refractivity contribution in [3.05, 3.63) is 82.2 Å². The molecule has 5 rings (SSSR count). The number of fused-ring (bicyclic) bond motifs is 3. The minimum atomic E-state index is -0.368. The van der Waals surface area contributed by atoms with Gasteiger partial charge in [-0.25, -0.2) is 5.01 Å². The predicted octanol–water partition coefficient (Wildman–Crippen LogP) is 5.29. The molecule has 0 amide bonds. The van der Waals surface area contributed by atoms with E-state index in [1.165, 1.54) is 0 Å². The average molecular weight is 425 g/mol. The van der Waals surface area contributed by atoms with Gasteiger partial charge >= 0.3 is 0 Å². The molecule has 2 aliphatic rings. The largest absolute Gasteiger partial charge is 0.496 e. The minimum Gasteiger partial charge on any atom is -0.496 e. The van der Waals surface area contributed by atoms with E-state index in [-0.39, 0.29) is 12.3 Å². The lowest BCUT2D eigenvalue weighted by molar-refractivity contribution is -0.0203. The van der Waals surface area contributed by atoms with E-state index in [1.807, 2.05) is 53.5 Å². The molecule has 0 bridgehead atoms. The van der Waals surface area contributed by atoms with Crippen molar-refractivity contribution in [3.8, 4) is 11.5 Å². The fraction of sp³-hybridized carbons (Fsp3) is 0.190. The van der Waals surface area contributed by atoms with E-state index in [2.05, 4.69) is 22.0 Å². The molecule has 27 heavy (non-hydrogen) atoms. The van der Waals surface area contributed by atoms with Crippen LogP contribution < -0.4 is 9.47 Å². The zero-order valence-electron chi connectivity index (χ0n) is 14.6. The quantitative estimate of drug-likeness (QED) is 0.572. The summed E-state index contributed by atoms with van der Waals surface area (Å²) in [5.41, 5.74) is 2.98. The summed E-state index contributed by atoms with van der Waals surface area (Å²) in [5.74, 6) is 2.44. The van der Waals surface area contributed by atoms with Crippen LogP contribution in [0.5, 0.6) is 11.5 Å². The number of methoxy groups -OCH3 is 1. The van der Waals surface area contributed by atoms with Crippen molar-refractivity contribution in [2.45, 2.75) is 18.7 Å². The molecule has 2 atom stereocenters. The highest BCUT2D eigenvalue weighted by atomic mass is 79.9. The molecule has 0 aliphatic carbocycles. The van der Waals surface area contributed by atoms with E-state index in [1.54, 1.807) is 13.4 Å². The van der Waals surface area contributed by atoms with E-state index in [0.717, 1.165) is 45.0 Å². The molecule has 0 spiro atoms. The molecule has 5 nitrogen and oxygen atoms in total. The van der Waals surface area contributed by atoms with Gasteiger partial charge in [0.05, 0.1) is 25.0 Å². The lowest BCUT2D eigenvalue weighted by atomic mass is 9.97. The summed E-state index contributed by atoms with van der Waals surface area (Å²) in [7, 11) is 1.67. The van der Waals surface area contributed by atoms with Crippen LogP contribution in [-0.4, -0.2) is 17.8 Å². The number of hydrazone groups is 1. The molecule has 2 aliphatic heterocycles. The third kappa shape index (κ3) is 2.72. The number of halogens is 1. The Balaban J connectivity index is 1.64. The Morgan fingerprint density at radius 3 is 2.81 bits per heavy atom. The van der Waals surface area contributed by atoms with Crippen molar-refractivity contribution in [2.75, 3.05) is 7.11 Å². The Morgan fingerprint density at radius 1 is 1.11 bits per heavy atom. The van der Waals surface area contributed by atoms with Crippen LogP contribution in [0.2, 0.25) is 0 Å². The SMILES string of the molecule is COc1ccccc1[C@@H]1Oc2ccc(Br)cc2[C@@H]2CC(c3ccco3)=NN21. The van der Waals surface area contributed by atoms with Gasteiger partial charge in [-0.1, -0.05) is 28.1 Å². The molecule has 0 fully saturated rings. The zero-order valence-corrected chi connectivity index (χ0v) is 16.2. The van der Waals surface area contributed by atoms with Gasteiger partial charge in [0.25, 0.3) is 0 Å². The first-order valence-corrected chi connectivity index (χ1v) is 9.52. The highest BCUT2D eigenvalue weighted by molar-refractivity contribution is 9.10. The Morgan fingerprint density at radius 2 is 2.00 bits per heavy atom. The number of nitrogens with zero attached hydrogens (tertiary/aromatic N) is 2. The fourth-order valence-electron chi connectivity index (χ4n) is 3.73. The maximum atomic E-state index is 6.38. The van der Waals surface area contributed by atoms with Crippen molar-refractivity contribution < 1.29 is 13.9 Å². The fourth-order valence-corrected chi connectivity index (χ4v) is 4.10. The summed E-state index contributed by atoms with van der Waals surface area (Å²) in [6.45, 7) is 0. The van der Waals surface area contributed by atoms with Crippen LogP contribution in [0.25, 0.3) is 0 Å². The Hall–Kier alpha value is -2.73. The van der Waals surface area contributed by atoms with Gasteiger partial charge in [0.15, 0.2) is 0 Å². The van der Waals surface area contributed by atoms with Crippen LogP contribution in [0.3, 0.4) is 0 Å². The van der Waals surface area contributed by atoms with E-state index >= 15 is 0 Å². The molecular formula is C21H17BrN2O3. The second kappa shape index (κ2) is 6.46. The summed E-state index contributed by atoms with van der Waals surface area (Å²) in [6.07, 6.45) is 2.06. The van der Waals surface area contributed by atoms with Gasteiger partial charge < -0.3 is 13.9 Å². The maximum Gasteiger partial charge on any atom is 0.217 e. The smallest absolute Gasteiger partial charge is 0.217 e. The van der Waals surface area contributed by atoms with Crippen molar-refractivity contribution >= 4 is 21.6 Å². The number of hydrogen-bond acceptors (Lipinski definition) is 5. The lowest BCUT2D eigenvalue weighted by Crippen LogP contribution is -2.34. The standard InChI is InChI=1S/C21H17BrN2O3/c1-25-18-6-3-2-5-14(18)21-24-17(12-16(23-24)20-7-4-10-26-20)15-11-13(22)8-9-19(15)27-21/h2-11,17,21H,12H2,1H3/t17-,21-/m0/s1. The average Bonchev–Trinajstić information content (AvgIpc) is 3.37. The summed E-state index contributed by atoms with van der Waals surface area (Å²) in [6, 6.07) is 17.9. The van der Waals surface area contributed by atoms with Crippen LogP contribution in [0.4, 0.5) is 0 Å². The van der Waals surface area contributed by atoms with Gasteiger partial charge in [-0.2, -0.15) is 5.10 Å². The van der Waals surface area contributed by atoms with Crippen LogP contribution in [0.1, 0.15) is 35.6 Å². The number of rotatable bonds is 3. The van der Waals surface area contributed by atoms with Crippen molar-refractivity contribution in [1.82, 2.24) is 5.01 Å². The van der Waals surface area contributed by atoms with Gasteiger partial charge in [-0.05, 0) is 42.5 Å². The van der Waals surface area contributed by atoms with E-state index in [4.69, 9.17) is 19.0 Å². The first-order valence-electron chi connectivity index (χ1n) is 8.73. The highest BCUT2D eigenvalue weighted by Crippen LogP contribution is 2.49. The second-order valence-corrected chi connectivity index (χ2v) is 7.43. The van der Waals surface area contributed by atoms with Crippen molar-refractivity contribution in [3.63, 3.8) is 0 Å². The van der Waals surface area contributed by atoms with E-state index in [0.29, 0.717) is 0 Å². The molecule has 1 aromatic heterocycles. The van der Waals surface area contributed by atoms with Crippen LogP contribution in [0.15, 0.2) is 74.9 Å². The molecule has 0 unspecified atom stereocenters. The molecule has 2 aromatic carbocycles. The first kappa shape index (κ1) is 16.4. The highest BCUT2D eigenvalue weighted by Gasteiger charge is 2.42. The van der Waals surface area contributed by atoms with Gasteiger partial charge in [-0.15, -0.1) is 0 Å².